The highest BCUT2D eigenvalue weighted by Gasteiger charge is 1.96. The molecule has 0 bridgehead atoms. The normalized spacial score (nSPS) is 10.5. The number of hydrogen-bond donors (Lipinski definition) is 2. The molecule has 0 aliphatic rings. The summed E-state index contributed by atoms with van der Waals surface area (Å²) in [7, 11) is 0. The summed E-state index contributed by atoms with van der Waals surface area (Å²) in [4.78, 5) is 14.5. The number of nitrogens with zero attached hydrogens (tertiary/aromatic N) is 1. The molecule has 0 aliphatic carbocycles. The summed E-state index contributed by atoms with van der Waals surface area (Å²) in [6.45, 7) is 1.47. The third kappa shape index (κ3) is 2.59. The van der Waals surface area contributed by atoms with Crippen LogP contribution < -0.4 is 11.5 Å². The highest BCUT2D eigenvalue weighted by molar-refractivity contribution is 5.92. The van der Waals surface area contributed by atoms with E-state index in [9.17, 15) is 4.79 Å². The molecule has 1 aromatic heterocycles. The van der Waals surface area contributed by atoms with Gasteiger partial charge < -0.3 is 11.5 Å². The van der Waals surface area contributed by atoms with Crippen molar-refractivity contribution in [3.63, 3.8) is 0 Å². The highest BCUT2D eigenvalue weighted by Crippen LogP contribution is 2.14. The number of anilines is 2. The Bertz CT molecular complexity index is 358. The molecule has 0 atom stereocenters. The second-order valence-corrected chi connectivity index (χ2v) is 2.68. The van der Waals surface area contributed by atoms with Gasteiger partial charge in [-0.3, -0.25) is 4.79 Å². The largest absolute Gasteiger partial charge is 0.398 e. The first kappa shape index (κ1) is 9.25. The zero-order valence-corrected chi connectivity index (χ0v) is 7.32. The minimum atomic E-state index is -0.0313. The lowest BCUT2D eigenvalue weighted by atomic mass is 10.2. The van der Waals surface area contributed by atoms with Crippen LogP contribution in [0.15, 0.2) is 18.3 Å². The van der Waals surface area contributed by atoms with Crippen molar-refractivity contribution < 1.29 is 4.79 Å². The van der Waals surface area contributed by atoms with Gasteiger partial charge in [-0.05, 0) is 19.1 Å². The van der Waals surface area contributed by atoms with E-state index in [1.165, 1.54) is 19.2 Å². The molecular formula is C9H11N3O. The smallest absolute Gasteiger partial charge is 0.152 e. The van der Waals surface area contributed by atoms with Crippen LogP contribution in [0.5, 0.6) is 0 Å². The lowest BCUT2D eigenvalue weighted by Gasteiger charge is -1.99. The molecule has 13 heavy (non-hydrogen) atoms. The Morgan fingerprint density at radius 3 is 2.77 bits per heavy atom. The molecule has 0 fully saturated rings. The Balaban J connectivity index is 2.96. The second kappa shape index (κ2) is 3.71. The predicted octanol–water partition coefficient (Wildman–Crippen LogP) is 0.848. The van der Waals surface area contributed by atoms with Gasteiger partial charge in [0.05, 0.1) is 0 Å². The monoisotopic (exact) mass is 177 g/mol. The molecule has 0 saturated carbocycles. The maximum absolute atomic E-state index is 10.6. The van der Waals surface area contributed by atoms with Crippen molar-refractivity contribution in [2.24, 2.45) is 0 Å². The van der Waals surface area contributed by atoms with Gasteiger partial charge in [0.15, 0.2) is 5.78 Å². The topological polar surface area (TPSA) is 82.0 Å². The van der Waals surface area contributed by atoms with Crippen LogP contribution >= 0.6 is 0 Å². The molecule has 0 saturated heterocycles. The summed E-state index contributed by atoms with van der Waals surface area (Å²) in [5.41, 5.74) is 12.2. The van der Waals surface area contributed by atoms with Crippen molar-refractivity contribution in [2.45, 2.75) is 6.92 Å². The zero-order chi connectivity index (χ0) is 9.84. The van der Waals surface area contributed by atoms with E-state index in [4.69, 9.17) is 11.5 Å². The van der Waals surface area contributed by atoms with E-state index < -0.39 is 0 Å². The number of ketones is 1. The fourth-order valence-electron chi connectivity index (χ4n) is 0.845. The van der Waals surface area contributed by atoms with Crippen molar-refractivity contribution in [1.29, 1.82) is 0 Å². The average Bonchev–Trinajstić information content (AvgIpc) is 2.02. The molecule has 0 aliphatic heterocycles. The first-order valence-electron chi connectivity index (χ1n) is 3.79. The zero-order valence-electron chi connectivity index (χ0n) is 7.32. The molecule has 4 heteroatoms. The van der Waals surface area contributed by atoms with Gasteiger partial charge in [-0.2, -0.15) is 0 Å². The van der Waals surface area contributed by atoms with E-state index in [0.717, 1.165) is 0 Å². The standard InChI is InChI=1S/C9H11N3O/c1-6(13)2-3-7-5-12-9(11)4-8(7)10/h2-5H,1H3,(H4,10,11,12)/b3-2+. The number of carbonyl (C=O) groups excluding carboxylic acids is 1. The molecule has 1 aromatic rings. The molecular weight excluding hydrogens is 166 g/mol. The van der Waals surface area contributed by atoms with E-state index in [1.54, 1.807) is 12.1 Å². The summed E-state index contributed by atoms with van der Waals surface area (Å²) < 4.78 is 0. The minimum Gasteiger partial charge on any atom is -0.398 e. The lowest BCUT2D eigenvalue weighted by molar-refractivity contribution is -0.112. The Morgan fingerprint density at radius 2 is 2.23 bits per heavy atom. The fourth-order valence-corrected chi connectivity index (χ4v) is 0.845. The number of carbonyl (C=O) groups is 1. The quantitative estimate of drug-likeness (QED) is 0.656. The highest BCUT2D eigenvalue weighted by atomic mass is 16.1. The molecule has 1 rings (SSSR count). The van der Waals surface area contributed by atoms with Crippen LogP contribution in [0, 0.1) is 0 Å². The van der Waals surface area contributed by atoms with Crippen molar-refractivity contribution >= 4 is 23.4 Å². The van der Waals surface area contributed by atoms with Crippen LogP contribution in [0.1, 0.15) is 12.5 Å². The number of hydrogen-bond acceptors (Lipinski definition) is 4. The van der Waals surface area contributed by atoms with Gasteiger partial charge in [-0.15, -0.1) is 0 Å². The van der Waals surface area contributed by atoms with Crippen LogP contribution in [0.25, 0.3) is 6.08 Å². The summed E-state index contributed by atoms with van der Waals surface area (Å²) in [6.07, 6.45) is 4.58. The number of rotatable bonds is 2. The maximum Gasteiger partial charge on any atom is 0.152 e. The number of pyridine rings is 1. The number of aromatic nitrogens is 1. The number of nitrogen functional groups attached to an aromatic ring is 2. The molecule has 0 unspecified atom stereocenters. The van der Waals surface area contributed by atoms with Gasteiger partial charge in [0.25, 0.3) is 0 Å². The summed E-state index contributed by atoms with van der Waals surface area (Å²) in [6, 6.07) is 1.56. The summed E-state index contributed by atoms with van der Waals surface area (Å²) >= 11 is 0. The van der Waals surface area contributed by atoms with Crippen LogP contribution in [0.4, 0.5) is 11.5 Å². The van der Waals surface area contributed by atoms with Gasteiger partial charge in [-0.1, -0.05) is 0 Å². The SMILES string of the molecule is CC(=O)/C=C/c1cnc(N)cc1N. The molecule has 1 heterocycles. The van der Waals surface area contributed by atoms with E-state index in [0.29, 0.717) is 17.1 Å². The van der Waals surface area contributed by atoms with Crippen LogP contribution in [0.3, 0.4) is 0 Å². The Hall–Kier alpha value is -1.84. The van der Waals surface area contributed by atoms with Gasteiger partial charge >= 0.3 is 0 Å². The molecule has 0 amide bonds. The van der Waals surface area contributed by atoms with E-state index in [-0.39, 0.29) is 5.78 Å². The molecule has 4 N–H and O–H groups in total. The van der Waals surface area contributed by atoms with Gasteiger partial charge in [0.1, 0.15) is 5.82 Å². The van der Waals surface area contributed by atoms with Gasteiger partial charge in [0.2, 0.25) is 0 Å². The van der Waals surface area contributed by atoms with Gasteiger partial charge in [-0.25, -0.2) is 4.98 Å². The second-order valence-electron chi connectivity index (χ2n) is 2.68. The average molecular weight is 177 g/mol. The molecule has 0 aromatic carbocycles. The maximum atomic E-state index is 10.6. The first-order chi connectivity index (χ1) is 6.09. The lowest BCUT2D eigenvalue weighted by Crippen LogP contribution is -1.95. The minimum absolute atomic E-state index is 0.0313. The Kier molecular flexibility index (Phi) is 2.64. The molecule has 0 spiro atoms. The Labute approximate surface area is 76.3 Å². The van der Waals surface area contributed by atoms with E-state index in [2.05, 4.69) is 4.98 Å². The van der Waals surface area contributed by atoms with E-state index >= 15 is 0 Å². The van der Waals surface area contributed by atoms with Crippen LogP contribution in [-0.2, 0) is 4.79 Å². The summed E-state index contributed by atoms with van der Waals surface area (Å²) in [5.74, 6) is 0.341. The first-order valence-corrected chi connectivity index (χ1v) is 3.79. The Morgan fingerprint density at radius 1 is 1.54 bits per heavy atom. The van der Waals surface area contributed by atoms with Crippen LogP contribution in [-0.4, -0.2) is 10.8 Å². The molecule has 4 nitrogen and oxygen atoms in total. The molecule has 0 radical (unpaired) electrons. The number of nitrogens with two attached hydrogens (primary N) is 2. The van der Waals surface area contributed by atoms with Gasteiger partial charge in [0, 0.05) is 23.5 Å². The number of allylic oxidation sites excluding steroid dienone is 1. The van der Waals surface area contributed by atoms with Crippen LogP contribution in [0.2, 0.25) is 0 Å². The van der Waals surface area contributed by atoms with Crippen molar-refractivity contribution in [1.82, 2.24) is 4.98 Å². The van der Waals surface area contributed by atoms with Crippen molar-refractivity contribution in [3.05, 3.63) is 23.9 Å². The third-order valence-electron chi connectivity index (χ3n) is 1.49. The van der Waals surface area contributed by atoms with Crippen molar-refractivity contribution in [2.75, 3.05) is 11.5 Å². The third-order valence-corrected chi connectivity index (χ3v) is 1.49. The molecule has 68 valence electrons. The predicted molar refractivity (Wildman–Crippen MR) is 52.8 cm³/mol. The summed E-state index contributed by atoms with van der Waals surface area (Å²) in [5, 5.41) is 0. The van der Waals surface area contributed by atoms with E-state index in [1.807, 2.05) is 0 Å². The van der Waals surface area contributed by atoms with Crippen molar-refractivity contribution in [3.8, 4) is 0 Å². The fraction of sp³-hybridized carbons (Fsp3) is 0.111.